The largest absolute Gasteiger partial charge is 0.493 e. The summed E-state index contributed by atoms with van der Waals surface area (Å²) in [5, 5.41) is 3.06. The van der Waals surface area contributed by atoms with Crippen molar-refractivity contribution in [3.8, 4) is 11.5 Å². The van der Waals surface area contributed by atoms with E-state index in [2.05, 4.69) is 16.3 Å². The molecule has 9 heteroatoms. The van der Waals surface area contributed by atoms with Crippen LogP contribution in [-0.2, 0) is 28.9 Å². The monoisotopic (exact) mass is 601 g/mol. The Labute approximate surface area is 259 Å². The van der Waals surface area contributed by atoms with Gasteiger partial charge in [-0.3, -0.25) is 19.2 Å². The molecule has 0 unspecified atom stereocenters. The van der Waals surface area contributed by atoms with Crippen molar-refractivity contribution in [1.82, 2.24) is 15.1 Å². The lowest BCUT2D eigenvalue weighted by Crippen LogP contribution is -2.60. The molecule has 3 atom stereocenters. The summed E-state index contributed by atoms with van der Waals surface area (Å²) in [5.41, 5.74) is 4.25. The number of piperidine rings is 2. The summed E-state index contributed by atoms with van der Waals surface area (Å²) in [6.07, 6.45) is 6.37. The number of nitrogens with zero attached hydrogens (tertiary/aromatic N) is 2. The lowest BCUT2D eigenvalue weighted by atomic mass is 9.77. The molecule has 0 aromatic heterocycles. The predicted molar refractivity (Wildman–Crippen MR) is 165 cm³/mol. The number of rotatable bonds is 3. The van der Waals surface area contributed by atoms with E-state index in [1.807, 2.05) is 29.2 Å². The number of ether oxygens (including phenoxy) is 2. The summed E-state index contributed by atoms with van der Waals surface area (Å²) in [4.78, 5) is 56.8. The van der Waals surface area contributed by atoms with Crippen LogP contribution in [0.2, 0.25) is 0 Å². The van der Waals surface area contributed by atoms with Gasteiger partial charge in [-0.05, 0) is 85.6 Å². The van der Waals surface area contributed by atoms with Crippen molar-refractivity contribution >= 4 is 23.5 Å². The Bertz CT molecular complexity index is 1450. The number of Topliss-reactive ketones (excluding diaryl/α,β-unsaturated/α-hetero) is 1. The van der Waals surface area contributed by atoms with E-state index in [4.69, 9.17) is 9.47 Å². The van der Waals surface area contributed by atoms with E-state index >= 15 is 0 Å². The number of amides is 3. The molecular weight excluding hydrogens is 558 g/mol. The van der Waals surface area contributed by atoms with Gasteiger partial charge in [-0.25, -0.2) is 0 Å². The van der Waals surface area contributed by atoms with Crippen molar-refractivity contribution < 1.29 is 28.7 Å². The summed E-state index contributed by atoms with van der Waals surface area (Å²) < 4.78 is 11.3. The highest BCUT2D eigenvalue weighted by molar-refractivity contribution is 6.05. The van der Waals surface area contributed by atoms with Crippen LogP contribution < -0.4 is 14.8 Å². The van der Waals surface area contributed by atoms with Crippen molar-refractivity contribution in [3.05, 3.63) is 58.1 Å². The standard InChI is InChI=1S/C35H43N3O6/c1-43-31-18-22-11-14-33(41)38-20-23-17-25(21-37(19-23)35(42)28-8-3-7-27-26(28)12-13-30(27)39)29(38)9-4-10-32(40)36-15-5-6-24(16-22)34(31)44-2/h3,7-8,16,18,23,25,29H,4-6,9-15,17,19-21H2,1-2H3,(H,36,40)/t23-,25+,29-/m0/s1. The lowest BCUT2D eigenvalue weighted by Gasteiger charge is -2.51. The molecule has 4 bridgehead atoms. The van der Waals surface area contributed by atoms with Gasteiger partial charge in [-0.15, -0.1) is 0 Å². The Hall–Kier alpha value is -3.88. The molecule has 0 radical (unpaired) electrons. The molecule has 9 nitrogen and oxygen atoms in total. The molecule has 3 aliphatic heterocycles. The van der Waals surface area contributed by atoms with E-state index in [1.54, 1.807) is 14.2 Å². The Morgan fingerprint density at radius 2 is 1.77 bits per heavy atom. The summed E-state index contributed by atoms with van der Waals surface area (Å²) >= 11 is 0. The number of ketones is 1. The zero-order valence-electron chi connectivity index (χ0n) is 25.9. The maximum Gasteiger partial charge on any atom is 0.254 e. The number of carbonyl (C=O) groups is 4. The van der Waals surface area contributed by atoms with Gasteiger partial charge in [0, 0.05) is 62.6 Å². The first kappa shape index (κ1) is 30.2. The molecule has 44 heavy (non-hydrogen) atoms. The number of hydrogen-bond acceptors (Lipinski definition) is 6. The molecule has 0 spiro atoms. The normalized spacial score (nSPS) is 24.3. The fourth-order valence-corrected chi connectivity index (χ4v) is 7.93. The fourth-order valence-electron chi connectivity index (χ4n) is 7.93. The maximum absolute atomic E-state index is 13.9. The highest BCUT2D eigenvalue weighted by Crippen LogP contribution is 2.38. The van der Waals surface area contributed by atoms with Crippen LogP contribution in [0.15, 0.2) is 30.3 Å². The van der Waals surface area contributed by atoms with E-state index in [0.29, 0.717) is 87.3 Å². The van der Waals surface area contributed by atoms with Crippen molar-refractivity contribution in [2.75, 3.05) is 40.4 Å². The molecule has 4 aliphatic rings. The Morgan fingerprint density at radius 3 is 2.59 bits per heavy atom. The van der Waals surface area contributed by atoms with Crippen LogP contribution in [0.1, 0.15) is 82.4 Å². The second-order valence-corrected chi connectivity index (χ2v) is 12.8. The Balaban J connectivity index is 1.23. The number of likely N-dealkylation sites (tertiary alicyclic amines) is 1. The van der Waals surface area contributed by atoms with Gasteiger partial charge < -0.3 is 24.6 Å². The smallest absolute Gasteiger partial charge is 0.254 e. The van der Waals surface area contributed by atoms with Crippen molar-refractivity contribution in [2.24, 2.45) is 11.8 Å². The molecule has 2 aromatic rings. The molecule has 6 rings (SSSR count). The van der Waals surface area contributed by atoms with Crippen LogP contribution >= 0.6 is 0 Å². The lowest BCUT2D eigenvalue weighted by molar-refractivity contribution is -0.140. The third-order valence-corrected chi connectivity index (χ3v) is 9.98. The summed E-state index contributed by atoms with van der Waals surface area (Å²) in [6.45, 7) is 2.37. The van der Waals surface area contributed by atoms with Crippen LogP contribution in [-0.4, -0.2) is 79.7 Å². The van der Waals surface area contributed by atoms with Crippen LogP contribution in [0.4, 0.5) is 0 Å². The average Bonchev–Trinajstić information content (AvgIpc) is 3.42. The highest BCUT2D eigenvalue weighted by atomic mass is 16.5. The van der Waals surface area contributed by atoms with Crippen LogP contribution in [0.5, 0.6) is 11.5 Å². The molecule has 1 aliphatic carbocycles. The number of hydrogen-bond donors (Lipinski definition) is 1. The number of benzene rings is 2. The molecule has 2 saturated heterocycles. The maximum atomic E-state index is 13.9. The van der Waals surface area contributed by atoms with Crippen molar-refractivity contribution in [2.45, 2.75) is 70.3 Å². The van der Waals surface area contributed by atoms with Crippen LogP contribution in [0.3, 0.4) is 0 Å². The minimum atomic E-state index is -0.0286. The van der Waals surface area contributed by atoms with E-state index in [-0.39, 0.29) is 41.4 Å². The molecular formula is C35H43N3O6. The quantitative estimate of drug-likeness (QED) is 0.571. The number of methoxy groups -OCH3 is 2. The predicted octanol–water partition coefficient (Wildman–Crippen LogP) is 3.99. The topological polar surface area (TPSA) is 105 Å². The third-order valence-electron chi connectivity index (χ3n) is 9.98. The zero-order valence-corrected chi connectivity index (χ0v) is 25.9. The summed E-state index contributed by atoms with van der Waals surface area (Å²) in [5.74, 6) is 1.93. The second-order valence-electron chi connectivity index (χ2n) is 12.8. The minimum absolute atomic E-state index is 0.0112. The summed E-state index contributed by atoms with van der Waals surface area (Å²) in [7, 11) is 3.26. The van der Waals surface area contributed by atoms with E-state index in [9.17, 15) is 19.2 Å². The van der Waals surface area contributed by atoms with Gasteiger partial charge >= 0.3 is 0 Å². The van der Waals surface area contributed by atoms with Crippen LogP contribution in [0, 0.1) is 11.8 Å². The van der Waals surface area contributed by atoms with E-state index in [1.165, 1.54) is 0 Å². The van der Waals surface area contributed by atoms with E-state index < -0.39 is 0 Å². The van der Waals surface area contributed by atoms with Crippen molar-refractivity contribution in [1.29, 1.82) is 0 Å². The zero-order chi connectivity index (χ0) is 30.8. The molecule has 3 amide bonds. The Kier molecular flexibility index (Phi) is 8.91. The first-order valence-corrected chi connectivity index (χ1v) is 16.1. The first-order chi connectivity index (χ1) is 21.4. The molecule has 1 N–H and O–H groups in total. The molecule has 3 heterocycles. The number of fused-ring (bicyclic) bond motifs is 7. The molecule has 2 fully saturated rings. The number of carbonyl (C=O) groups excluding carboxylic acids is 4. The van der Waals surface area contributed by atoms with Gasteiger partial charge in [0.1, 0.15) is 0 Å². The SMILES string of the molecule is COc1cc2cc(c1OC)CCCNC(=O)CCC[C@H]1[C@@H]3C[C@@H](CN(C(=O)c4cccc5c4CCC5=O)C3)CN1C(=O)CC2. The average molecular weight is 602 g/mol. The molecule has 0 saturated carbocycles. The molecule has 2 aromatic carbocycles. The first-order valence-electron chi connectivity index (χ1n) is 16.1. The van der Waals surface area contributed by atoms with Gasteiger partial charge in [0.15, 0.2) is 17.3 Å². The summed E-state index contributed by atoms with van der Waals surface area (Å²) in [6, 6.07) is 9.52. The fraction of sp³-hybridized carbons (Fsp3) is 0.543. The Morgan fingerprint density at radius 1 is 0.909 bits per heavy atom. The minimum Gasteiger partial charge on any atom is -0.493 e. The number of nitrogens with one attached hydrogen (secondary N) is 1. The second kappa shape index (κ2) is 13.0. The van der Waals surface area contributed by atoms with Gasteiger partial charge in [-0.2, -0.15) is 0 Å². The number of aryl methyl sites for hydroxylation is 2. The van der Waals surface area contributed by atoms with E-state index in [0.717, 1.165) is 42.4 Å². The third kappa shape index (κ3) is 6.06. The van der Waals surface area contributed by atoms with Gasteiger partial charge in [-0.1, -0.05) is 18.2 Å². The van der Waals surface area contributed by atoms with Gasteiger partial charge in [0.25, 0.3) is 5.91 Å². The van der Waals surface area contributed by atoms with Crippen molar-refractivity contribution in [3.63, 3.8) is 0 Å². The molecule has 234 valence electrons. The van der Waals surface area contributed by atoms with Crippen LogP contribution in [0.25, 0.3) is 0 Å². The highest BCUT2D eigenvalue weighted by Gasteiger charge is 2.44. The van der Waals surface area contributed by atoms with Gasteiger partial charge in [0.2, 0.25) is 11.8 Å². The van der Waals surface area contributed by atoms with Gasteiger partial charge in [0.05, 0.1) is 14.2 Å².